The second-order valence-electron chi connectivity index (χ2n) is 8.17. The Bertz CT molecular complexity index is 831. The molecule has 2 aromatic rings. The Morgan fingerprint density at radius 2 is 2.12 bits per heavy atom. The molecule has 0 radical (unpaired) electrons. The van der Waals surface area contributed by atoms with Crippen LogP contribution in [0.15, 0.2) is 41.8 Å². The van der Waals surface area contributed by atoms with Gasteiger partial charge in [-0.25, -0.2) is 0 Å². The van der Waals surface area contributed by atoms with Crippen LogP contribution in [0.5, 0.6) is 5.75 Å². The van der Waals surface area contributed by atoms with E-state index in [4.69, 9.17) is 14.2 Å². The predicted octanol–water partition coefficient (Wildman–Crippen LogP) is 2.99. The summed E-state index contributed by atoms with van der Waals surface area (Å²) in [6.07, 6.45) is 1.01. The van der Waals surface area contributed by atoms with Crippen LogP contribution in [0.25, 0.3) is 0 Å². The maximum Gasteiger partial charge on any atom is 0.237 e. The number of aliphatic hydroxyl groups is 1. The van der Waals surface area contributed by atoms with Crippen LogP contribution in [0.1, 0.15) is 29.8 Å². The highest BCUT2D eigenvalue weighted by Gasteiger charge is 2.33. The van der Waals surface area contributed by atoms with Gasteiger partial charge in [0.05, 0.1) is 25.3 Å². The Morgan fingerprint density at radius 1 is 1.30 bits per heavy atom. The fourth-order valence-electron chi connectivity index (χ4n) is 4.12. The van der Waals surface area contributed by atoms with E-state index < -0.39 is 6.10 Å². The number of nitrogens with zero attached hydrogens (tertiary/aromatic N) is 2. The van der Waals surface area contributed by atoms with Gasteiger partial charge in [0, 0.05) is 44.8 Å². The van der Waals surface area contributed by atoms with Gasteiger partial charge in [0.1, 0.15) is 12.4 Å². The van der Waals surface area contributed by atoms with Crippen molar-refractivity contribution in [1.82, 2.24) is 9.80 Å². The maximum atomic E-state index is 13.5. The highest BCUT2D eigenvalue weighted by atomic mass is 32.1. The Labute approximate surface area is 200 Å². The lowest BCUT2D eigenvalue weighted by molar-refractivity contribution is -0.136. The molecule has 0 saturated carbocycles. The number of hydrogen-bond donors (Lipinski definition) is 1. The van der Waals surface area contributed by atoms with Crippen LogP contribution in [-0.4, -0.2) is 86.6 Å². The van der Waals surface area contributed by atoms with Gasteiger partial charge in [0.15, 0.2) is 0 Å². The third kappa shape index (κ3) is 7.79. The SMILES string of the molecule is CCOC[C@H](O)CN(CCCOC)CC(=O)N1CCc2sccc2[C@H]1COc1ccccc1. The summed E-state index contributed by atoms with van der Waals surface area (Å²) in [7, 11) is 1.67. The summed E-state index contributed by atoms with van der Waals surface area (Å²) in [5.74, 6) is 0.849. The molecule has 1 aliphatic heterocycles. The minimum absolute atomic E-state index is 0.0505. The second-order valence-corrected chi connectivity index (χ2v) is 9.17. The molecule has 2 heterocycles. The number of thiophene rings is 1. The van der Waals surface area contributed by atoms with Crippen molar-refractivity contribution in [2.45, 2.75) is 31.9 Å². The topological polar surface area (TPSA) is 71.5 Å². The number of fused-ring (bicyclic) bond motifs is 1. The first kappa shape index (κ1) is 25.6. The highest BCUT2D eigenvalue weighted by molar-refractivity contribution is 7.10. The first-order valence-electron chi connectivity index (χ1n) is 11.6. The van der Waals surface area contributed by atoms with E-state index in [2.05, 4.69) is 11.4 Å². The van der Waals surface area contributed by atoms with Crippen molar-refractivity contribution in [2.24, 2.45) is 0 Å². The van der Waals surface area contributed by atoms with Gasteiger partial charge in [-0.3, -0.25) is 9.69 Å². The number of hydrogen-bond acceptors (Lipinski definition) is 7. The minimum atomic E-state index is -0.637. The lowest BCUT2D eigenvalue weighted by Crippen LogP contribution is -2.48. The number of carbonyl (C=O) groups excluding carboxylic acids is 1. The van der Waals surface area contributed by atoms with Gasteiger partial charge in [-0.05, 0) is 48.9 Å². The molecule has 0 spiro atoms. The number of ether oxygens (including phenoxy) is 3. The highest BCUT2D eigenvalue weighted by Crippen LogP contribution is 2.34. The molecule has 0 unspecified atom stereocenters. The summed E-state index contributed by atoms with van der Waals surface area (Å²) in [5, 5.41) is 12.4. The number of aliphatic hydroxyl groups excluding tert-OH is 1. The lowest BCUT2D eigenvalue weighted by atomic mass is 10.0. The van der Waals surface area contributed by atoms with Gasteiger partial charge in [-0.15, -0.1) is 11.3 Å². The van der Waals surface area contributed by atoms with Gasteiger partial charge < -0.3 is 24.2 Å². The monoisotopic (exact) mass is 476 g/mol. The fourth-order valence-corrected chi connectivity index (χ4v) is 5.05. The number of para-hydroxylation sites is 1. The molecule has 3 rings (SSSR count). The normalized spacial score (nSPS) is 16.6. The molecule has 1 amide bonds. The number of carbonyl (C=O) groups is 1. The van der Waals surface area contributed by atoms with Crippen molar-refractivity contribution in [1.29, 1.82) is 0 Å². The van der Waals surface area contributed by atoms with Crippen LogP contribution >= 0.6 is 11.3 Å². The van der Waals surface area contributed by atoms with E-state index in [-0.39, 0.29) is 25.1 Å². The molecule has 0 aliphatic carbocycles. The van der Waals surface area contributed by atoms with E-state index in [9.17, 15) is 9.90 Å². The second kappa shape index (κ2) is 13.7. The van der Waals surface area contributed by atoms with Crippen LogP contribution in [0.4, 0.5) is 0 Å². The molecule has 1 N–H and O–H groups in total. The fraction of sp³-hybridized carbons (Fsp3) is 0.560. The third-order valence-corrected chi connectivity index (χ3v) is 6.73. The van der Waals surface area contributed by atoms with Crippen LogP contribution in [-0.2, 0) is 20.7 Å². The first-order valence-corrected chi connectivity index (χ1v) is 12.5. The summed E-state index contributed by atoms with van der Waals surface area (Å²) < 4.78 is 16.6. The number of benzene rings is 1. The number of methoxy groups -OCH3 is 1. The van der Waals surface area contributed by atoms with Crippen molar-refractivity contribution in [3.63, 3.8) is 0 Å². The zero-order chi connectivity index (χ0) is 23.5. The molecule has 2 atom stereocenters. The van der Waals surface area contributed by atoms with E-state index in [1.54, 1.807) is 18.4 Å². The predicted molar refractivity (Wildman–Crippen MR) is 130 cm³/mol. The molecule has 1 aromatic heterocycles. The maximum absolute atomic E-state index is 13.5. The van der Waals surface area contributed by atoms with E-state index in [1.165, 1.54) is 10.4 Å². The van der Waals surface area contributed by atoms with E-state index in [1.807, 2.05) is 47.1 Å². The van der Waals surface area contributed by atoms with Crippen molar-refractivity contribution < 1.29 is 24.1 Å². The molecule has 7 nitrogen and oxygen atoms in total. The van der Waals surface area contributed by atoms with E-state index in [0.29, 0.717) is 39.5 Å². The third-order valence-electron chi connectivity index (χ3n) is 5.73. The smallest absolute Gasteiger partial charge is 0.237 e. The molecule has 0 bridgehead atoms. The molecule has 8 heteroatoms. The van der Waals surface area contributed by atoms with E-state index >= 15 is 0 Å². The van der Waals surface area contributed by atoms with Crippen molar-refractivity contribution in [3.05, 3.63) is 52.2 Å². The Balaban J connectivity index is 1.68. The summed E-state index contributed by atoms with van der Waals surface area (Å²) in [5.41, 5.74) is 1.18. The summed E-state index contributed by atoms with van der Waals surface area (Å²) in [4.78, 5) is 18.7. The summed E-state index contributed by atoms with van der Waals surface area (Å²) in [6.45, 7) is 5.72. The van der Waals surface area contributed by atoms with Gasteiger partial charge >= 0.3 is 0 Å². The molecule has 33 heavy (non-hydrogen) atoms. The standard InChI is InChI=1S/C25H36N2O5S/c1-3-31-18-20(28)16-26(12-7-14-30-2)17-25(29)27-13-10-24-22(11-15-33-24)23(27)19-32-21-8-5-4-6-9-21/h4-6,8-9,11,15,20,23,28H,3,7,10,12-14,16-19H2,1-2H3/t20-,23-/m1/s1. The molecule has 1 aliphatic rings. The van der Waals surface area contributed by atoms with Gasteiger partial charge in [0.25, 0.3) is 0 Å². The first-order chi connectivity index (χ1) is 16.1. The van der Waals surface area contributed by atoms with E-state index in [0.717, 1.165) is 18.6 Å². The van der Waals surface area contributed by atoms with Gasteiger partial charge in [-0.1, -0.05) is 18.2 Å². The van der Waals surface area contributed by atoms with Crippen LogP contribution < -0.4 is 4.74 Å². The molecule has 0 fully saturated rings. The van der Waals surface area contributed by atoms with Crippen LogP contribution in [0.3, 0.4) is 0 Å². The zero-order valence-electron chi connectivity index (χ0n) is 19.7. The Morgan fingerprint density at radius 3 is 2.88 bits per heavy atom. The Hall–Kier alpha value is -1.97. The molecular weight excluding hydrogens is 440 g/mol. The van der Waals surface area contributed by atoms with Crippen molar-refractivity contribution in [2.75, 3.05) is 59.7 Å². The summed E-state index contributed by atoms with van der Waals surface area (Å²) in [6, 6.07) is 11.7. The zero-order valence-corrected chi connectivity index (χ0v) is 20.5. The number of amides is 1. The molecular formula is C25H36N2O5S. The van der Waals surface area contributed by atoms with Crippen LogP contribution in [0.2, 0.25) is 0 Å². The van der Waals surface area contributed by atoms with Gasteiger partial charge in [0.2, 0.25) is 5.91 Å². The minimum Gasteiger partial charge on any atom is -0.491 e. The molecule has 1 aromatic carbocycles. The van der Waals surface area contributed by atoms with Gasteiger partial charge in [-0.2, -0.15) is 0 Å². The van der Waals surface area contributed by atoms with Crippen LogP contribution in [0, 0.1) is 0 Å². The lowest BCUT2D eigenvalue weighted by Gasteiger charge is -2.37. The quantitative estimate of drug-likeness (QED) is 0.423. The molecule has 0 saturated heterocycles. The average molecular weight is 477 g/mol. The summed E-state index contributed by atoms with van der Waals surface area (Å²) >= 11 is 1.74. The van der Waals surface area contributed by atoms with Crippen molar-refractivity contribution >= 4 is 17.2 Å². The largest absolute Gasteiger partial charge is 0.491 e. The van der Waals surface area contributed by atoms with Crippen molar-refractivity contribution in [3.8, 4) is 5.75 Å². The average Bonchev–Trinajstić information content (AvgIpc) is 3.31. The molecule has 182 valence electrons. The Kier molecular flexibility index (Phi) is 10.6. The number of rotatable bonds is 14.